The maximum Gasteiger partial charge on any atom is 0.257 e. The minimum Gasteiger partial charge on any atom is -0.507 e. The van der Waals surface area contributed by atoms with Crippen LogP contribution in [0, 0.1) is 0 Å². The molecule has 2 aromatic rings. The van der Waals surface area contributed by atoms with Gasteiger partial charge in [-0.25, -0.2) is 0 Å². The van der Waals surface area contributed by atoms with Crippen LogP contribution in [0.2, 0.25) is 0 Å². The van der Waals surface area contributed by atoms with Crippen molar-refractivity contribution in [1.29, 1.82) is 0 Å². The molecule has 2 aromatic carbocycles. The first-order chi connectivity index (χ1) is 15.0. The maximum absolute atomic E-state index is 12.5. The van der Waals surface area contributed by atoms with Gasteiger partial charge in [0.15, 0.2) is 5.78 Å². The SMILES string of the molecule is CN(C)C(=O)c1cc(C(=O)CCCCCN2CCN(c3ccccc3)CC2)ccc1O. The summed E-state index contributed by atoms with van der Waals surface area (Å²) in [4.78, 5) is 31.0. The van der Waals surface area contributed by atoms with Gasteiger partial charge < -0.3 is 14.9 Å². The Hall–Kier alpha value is -2.86. The number of unbranched alkanes of at least 4 members (excludes halogenated alkanes) is 2. The molecule has 166 valence electrons. The molecule has 0 aromatic heterocycles. The van der Waals surface area contributed by atoms with Gasteiger partial charge in [-0.1, -0.05) is 24.6 Å². The number of ketones is 1. The summed E-state index contributed by atoms with van der Waals surface area (Å²) in [6, 6.07) is 15.1. The van der Waals surface area contributed by atoms with Crippen molar-refractivity contribution in [3.05, 3.63) is 59.7 Å². The van der Waals surface area contributed by atoms with E-state index in [1.165, 1.54) is 22.7 Å². The molecule has 1 fully saturated rings. The van der Waals surface area contributed by atoms with Gasteiger partial charge in [0.05, 0.1) is 5.56 Å². The molecule has 0 radical (unpaired) electrons. The topological polar surface area (TPSA) is 64.1 Å². The molecular formula is C25H33N3O3. The van der Waals surface area contributed by atoms with Crippen LogP contribution in [0.5, 0.6) is 5.75 Å². The molecule has 0 aliphatic carbocycles. The molecule has 0 bridgehead atoms. The normalized spacial score (nSPS) is 14.5. The van der Waals surface area contributed by atoms with Crippen molar-refractivity contribution in [1.82, 2.24) is 9.80 Å². The molecule has 0 unspecified atom stereocenters. The number of carbonyl (C=O) groups is 2. The highest BCUT2D eigenvalue weighted by Gasteiger charge is 2.18. The van der Waals surface area contributed by atoms with E-state index in [1.807, 2.05) is 6.07 Å². The summed E-state index contributed by atoms with van der Waals surface area (Å²) in [6.07, 6.45) is 3.38. The van der Waals surface area contributed by atoms with Gasteiger partial charge in [-0.3, -0.25) is 14.5 Å². The van der Waals surface area contributed by atoms with Gasteiger partial charge in [0, 0.05) is 57.9 Å². The number of hydrogen-bond donors (Lipinski definition) is 1. The van der Waals surface area contributed by atoms with E-state index < -0.39 is 0 Å². The highest BCUT2D eigenvalue weighted by Crippen LogP contribution is 2.21. The van der Waals surface area contributed by atoms with E-state index in [4.69, 9.17) is 0 Å². The monoisotopic (exact) mass is 423 g/mol. The van der Waals surface area contributed by atoms with Gasteiger partial charge in [-0.15, -0.1) is 0 Å². The second-order valence-corrected chi connectivity index (χ2v) is 8.33. The van der Waals surface area contributed by atoms with E-state index in [2.05, 4.69) is 34.1 Å². The number of phenolic OH excluding ortho intramolecular Hbond substituents is 1. The van der Waals surface area contributed by atoms with E-state index >= 15 is 0 Å². The lowest BCUT2D eigenvalue weighted by Crippen LogP contribution is -2.46. The first kappa shape index (κ1) is 22.8. The zero-order chi connectivity index (χ0) is 22.2. The smallest absolute Gasteiger partial charge is 0.257 e. The van der Waals surface area contributed by atoms with Crippen molar-refractivity contribution in [2.75, 3.05) is 51.7 Å². The Labute approximate surface area is 185 Å². The van der Waals surface area contributed by atoms with E-state index in [-0.39, 0.29) is 23.0 Å². The van der Waals surface area contributed by atoms with Crippen molar-refractivity contribution in [2.24, 2.45) is 0 Å². The lowest BCUT2D eigenvalue weighted by Gasteiger charge is -2.36. The number of phenols is 1. The number of piperazine rings is 1. The Morgan fingerprint density at radius 1 is 0.935 bits per heavy atom. The predicted molar refractivity (Wildman–Crippen MR) is 124 cm³/mol. The predicted octanol–water partition coefficient (Wildman–Crippen LogP) is 3.66. The third-order valence-corrected chi connectivity index (χ3v) is 5.83. The first-order valence-corrected chi connectivity index (χ1v) is 11.1. The van der Waals surface area contributed by atoms with Crippen LogP contribution in [0.15, 0.2) is 48.5 Å². The molecule has 1 N–H and O–H groups in total. The van der Waals surface area contributed by atoms with Crippen LogP contribution < -0.4 is 4.90 Å². The molecule has 1 saturated heterocycles. The Kier molecular flexibility index (Phi) is 8.06. The number of Topliss-reactive ketones (excluding diaryl/α,β-unsaturated/α-hetero) is 1. The highest BCUT2D eigenvalue weighted by atomic mass is 16.3. The van der Waals surface area contributed by atoms with Crippen LogP contribution in [0.25, 0.3) is 0 Å². The number of benzene rings is 2. The van der Waals surface area contributed by atoms with E-state index in [0.717, 1.165) is 52.0 Å². The number of hydrogen-bond acceptors (Lipinski definition) is 5. The number of anilines is 1. The quantitative estimate of drug-likeness (QED) is 0.493. The average Bonchev–Trinajstić information content (AvgIpc) is 2.79. The van der Waals surface area contributed by atoms with Crippen molar-refractivity contribution in [3.63, 3.8) is 0 Å². The fourth-order valence-electron chi connectivity index (χ4n) is 3.93. The fourth-order valence-corrected chi connectivity index (χ4v) is 3.93. The van der Waals surface area contributed by atoms with Crippen LogP contribution >= 0.6 is 0 Å². The fraction of sp³-hybridized carbons (Fsp3) is 0.440. The summed E-state index contributed by atoms with van der Waals surface area (Å²) >= 11 is 0. The first-order valence-electron chi connectivity index (χ1n) is 11.1. The molecule has 3 rings (SSSR count). The van der Waals surface area contributed by atoms with E-state index in [1.54, 1.807) is 20.2 Å². The zero-order valence-corrected chi connectivity index (χ0v) is 18.6. The van der Waals surface area contributed by atoms with Crippen LogP contribution in [0.3, 0.4) is 0 Å². The van der Waals surface area contributed by atoms with Gasteiger partial charge in [0.1, 0.15) is 5.75 Å². The number of para-hydroxylation sites is 1. The minimum absolute atomic E-state index is 0.0179. The lowest BCUT2D eigenvalue weighted by atomic mass is 10.0. The molecule has 1 aliphatic heterocycles. The summed E-state index contributed by atoms with van der Waals surface area (Å²) in [5.41, 5.74) is 1.95. The van der Waals surface area contributed by atoms with Crippen LogP contribution in [-0.2, 0) is 0 Å². The van der Waals surface area contributed by atoms with E-state index in [9.17, 15) is 14.7 Å². The molecule has 1 heterocycles. The third-order valence-electron chi connectivity index (χ3n) is 5.83. The largest absolute Gasteiger partial charge is 0.507 e. The molecule has 0 saturated carbocycles. The summed E-state index contributed by atoms with van der Waals surface area (Å²) in [6.45, 7) is 5.32. The molecule has 31 heavy (non-hydrogen) atoms. The lowest BCUT2D eigenvalue weighted by molar-refractivity contribution is 0.0824. The van der Waals surface area contributed by atoms with Gasteiger partial charge in [-0.2, -0.15) is 0 Å². The Morgan fingerprint density at radius 3 is 2.32 bits per heavy atom. The van der Waals surface area contributed by atoms with E-state index in [0.29, 0.717) is 12.0 Å². The molecule has 1 aliphatic rings. The number of carbonyl (C=O) groups excluding carboxylic acids is 2. The van der Waals surface area contributed by atoms with Crippen LogP contribution in [0.1, 0.15) is 46.4 Å². The van der Waals surface area contributed by atoms with Crippen molar-refractivity contribution < 1.29 is 14.7 Å². The molecule has 6 heteroatoms. The van der Waals surface area contributed by atoms with Crippen molar-refractivity contribution >= 4 is 17.4 Å². The van der Waals surface area contributed by atoms with Gasteiger partial charge in [0.2, 0.25) is 0 Å². The summed E-state index contributed by atoms with van der Waals surface area (Å²) in [5, 5.41) is 9.92. The summed E-state index contributed by atoms with van der Waals surface area (Å²) in [5.74, 6) is -0.383. The summed E-state index contributed by atoms with van der Waals surface area (Å²) < 4.78 is 0. The maximum atomic E-state index is 12.5. The van der Waals surface area contributed by atoms with Gasteiger partial charge in [0.25, 0.3) is 5.91 Å². The Bertz CT molecular complexity index is 875. The zero-order valence-electron chi connectivity index (χ0n) is 18.6. The van der Waals surface area contributed by atoms with Crippen molar-refractivity contribution in [2.45, 2.75) is 25.7 Å². The second-order valence-electron chi connectivity index (χ2n) is 8.33. The second kappa shape index (κ2) is 11.0. The summed E-state index contributed by atoms with van der Waals surface area (Å²) in [7, 11) is 3.25. The molecule has 6 nitrogen and oxygen atoms in total. The molecule has 0 spiro atoms. The Balaban J connectivity index is 1.36. The molecular weight excluding hydrogens is 390 g/mol. The number of rotatable bonds is 9. The van der Waals surface area contributed by atoms with Gasteiger partial charge in [-0.05, 0) is 49.7 Å². The van der Waals surface area contributed by atoms with Crippen molar-refractivity contribution in [3.8, 4) is 5.75 Å². The van der Waals surface area contributed by atoms with Gasteiger partial charge >= 0.3 is 0 Å². The van der Waals surface area contributed by atoms with Crippen LogP contribution in [-0.4, -0.2) is 73.4 Å². The minimum atomic E-state index is -0.306. The van der Waals surface area contributed by atoms with Crippen LogP contribution in [0.4, 0.5) is 5.69 Å². The number of aromatic hydroxyl groups is 1. The standard InChI is InChI=1S/C25H33N3O3/c1-26(2)25(31)22-19-20(12-13-24(22)30)23(29)11-7-4-8-14-27-15-17-28(18-16-27)21-9-5-3-6-10-21/h3,5-6,9-10,12-13,19,30H,4,7-8,11,14-18H2,1-2H3. The molecule has 1 amide bonds. The number of nitrogens with zero attached hydrogens (tertiary/aromatic N) is 3. The Morgan fingerprint density at radius 2 is 1.65 bits per heavy atom. The number of amides is 1. The molecule has 0 atom stereocenters. The third kappa shape index (κ3) is 6.31. The highest BCUT2D eigenvalue weighted by molar-refractivity contribution is 6.02. The average molecular weight is 424 g/mol.